The van der Waals surface area contributed by atoms with E-state index < -0.39 is 6.04 Å². The molecule has 4 rings (SSSR count). The fraction of sp³-hybridized carbons (Fsp3) is 0.214. The van der Waals surface area contributed by atoms with Gasteiger partial charge in [0, 0.05) is 37.1 Å². The predicted octanol–water partition coefficient (Wildman–Crippen LogP) is 4.74. The molecular formula is C28H28N6O. The van der Waals surface area contributed by atoms with Gasteiger partial charge in [0.2, 0.25) is 5.91 Å². The molecule has 1 amide bonds. The van der Waals surface area contributed by atoms with Crippen molar-refractivity contribution in [3.63, 3.8) is 0 Å². The highest BCUT2D eigenvalue weighted by molar-refractivity contribution is 5.95. The number of pyridine rings is 1. The molecule has 0 saturated carbocycles. The Kier molecular flexibility index (Phi) is 7.34. The van der Waals surface area contributed by atoms with Crippen LogP contribution in [0.15, 0.2) is 79.1 Å². The molecule has 2 atom stereocenters. The summed E-state index contributed by atoms with van der Waals surface area (Å²) in [6.45, 7) is 4.64. The summed E-state index contributed by atoms with van der Waals surface area (Å²) >= 11 is 0. The maximum atomic E-state index is 13.3. The van der Waals surface area contributed by atoms with Gasteiger partial charge < -0.3 is 10.6 Å². The molecule has 0 fully saturated rings. The molecule has 7 nitrogen and oxygen atoms in total. The summed E-state index contributed by atoms with van der Waals surface area (Å²) in [5.41, 5.74) is 5.50. The summed E-state index contributed by atoms with van der Waals surface area (Å²) in [6.07, 6.45) is 3.70. The number of carbonyl (C=O) groups is 1. The first-order chi connectivity index (χ1) is 16.9. The lowest BCUT2D eigenvalue weighted by Crippen LogP contribution is -2.35. The van der Waals surface area contributed by atoms with E-state index in [9.17, 15) is 4.79 Å². The number of aromatic nitrogens is 3. The molecule has 2 aromatic heterocycles. The van der Waals surface area contributed by atoms with Crippen LogP contribution in [0.2, 0.25) is 0 Å². The minimum Gasteiger partial charge on any atom is -0.309 e. The molecule has 0 aliphatic heterocycles. The van der Waals surface area contributed by atoms with Gasteiger partial charge in [-0.05, 0) is 48.2 Å². The number of benzene rings is 2. The Balaban J connectivity index is 1.47. The van der Waals surface area contributed by atoms with E-state index in [1.54, 1.807) is 16.9 Å². The van der Waals surface area contributed by atoms with Crippen LogP contribution in [0.3, 0.4) is 0 Å². The Hall–Kier alpha value is -4.28. The summed E-state index contributed by atoms with van der Waals surface area (Å²) in [5.74, 6) is 0.464. The first kappa shape index (κ1) is 23.9. The lowest BCUT2D eigenvalue weighted by Gasteiger charge is -2.21. The van der Waals surface area contributed by atoms with Crippen LogP contribution in [0.25, 0.3) is 11.1 Å². The van der Waals surface area contributed by atoms with E-state index in [2.05, 4.69) is 33.7 Å². The Morgan fingerprint density at radius 2 is 1.80 bits per heavy atom. The topological polar surface area (TPSA) is 95.6 Å². The molecule has 35 heavy (non-hydrogen) atoms. The molecule has 176 valence electrons. The van der Waals surface area contributed by atoms with Gasteiger partial charge in [-0.2, -0.15) is 10.4 Å². The number of nitrogens with zero attached hydrogens (tertiary/aromatic N) is 4. The summed E-state index contributed by atoms with van der Waals surface area (Å²) in [6, 6.07) is 22.5. The van der Waals surface area contributed by atoms with Crippen LogP contribution >= 0.6 is 0 Å². The van der Waals surface area contributed by atoms with E-state index in [1.807, 2.05) is 80.8 Å². The van der Waals surface area contributed by atoms with Gasteiger partial charge in [0.05, 0.1) is 17.3 Å². The molecule has 1 unspecified atom stereocenters. The summed E-state index contributed by atoms with van der Waals surface area (Å²) in [4.78, 5) is 17.8. The number of nitrogens with one attached hydrogen (secondary N) is 2. The van der Waals surface area contributed by atoms with Crippen LogP contribution in [0.4, 0.5) is 5.82 Å². The minimum atomic E-state index is -0.543. The molecule has 0 saturated heterocycles. The van der Waals surface area contributed by atoms with E-state index >= 15 is 0 Å². The van der Waals surface area contributed by atoms with Crippen molar-refractivity contribution in [2.45, 2.75) is 25.8 Å². The van der Waals surface area contributed by atoms with Gasteiger partial charge >= 0.3 is 0 Å². The van der Waals surface area contributed by atoms with E-state index in [-0.39, 0.29) is 11.8 Å². The average molecular weight is 465 g/mol. The molecule has 2 heterocycles. The number of amides is 1. The highest BCUT2D eigenvalue weighted by Crippen LogP contribution is 2.23. The van der Waals surface area contributed by atoms with Gasteiger partial charge in [-0.3, -0.25) is 9.48 Å². The summed E-state index contributed by atoms with van der Waals surface area (Å²) in [7, 11) is 1.89. The van der Waals surface area contributed by atoms with Crippen LogP contribution in [-0.2, 0) is 11.8 Å². The molecule has 2 N–H and O–H groups in total. The normalized spacial score (nSPS) is 12.5. The van der Waals surface area contributed by atoms with E-state index in [4.69, 9.17) is 5.26 Å². The standard InChI is InChI=1S/C28H28N6O/c1-19(22-11-9-21(15-29)10-12-22)16-31-27(23-7-5-4-6-8-23)28(35)32-26-14-13-24(17-30-26)25-18-34(3)33-20(25)2/h4-14,17-19,27,31H,16H2,1-3H3,(H,30,32,35)/t19?,27-/m0/s1. The SMILES string of the molecule is Cc1nn(C)cc1-c1ccc(NC(=O)[C@@H](NCC(C)c2ccc(C#N)cc2)c2ccccc2)nc1. The van der Waals surface area contributed by atoms with E-state index in [0.717, 1.165) is 27.9 Å². The maximum Gasteiger partial charge on any atom is 0.247 e. The zero-order valence-corrected chi connectivity index (χ0v) is 20.1. The van der Waals surface area contributed by atoms with Gasteiger partial charge in [-0.25, -0.2) is 4.98 Å². The smallest absolute Gasteiger partial charge is 0.247 e. The number of rotatable bonds is 8. The van der Waals surface area contributed by atoms with Crippen LogP contribution in [-0.4, -0.2) is 27.2 Å². The Labute approximate surface area is 205 Å². The third-order valence-electron chi connectivity index (χ3n) is 5.97. The summed E-state index contributed by atoms with van der Waals surface area (Å²) in [5, 5.41) is 19.8. The second kappa shape index (κ2) is 10.8. The van der Waals surface area contributed by atoms with Crippen LogP contribution in [0.5, 0.6) is 0 Å². The van der Waals surface area contributed by atoms with Gasteiger partial charge in [0.1, 0.15) is 11.9 Å². The maximum absolute atomic E-state index is 13.3. The second-order valence-electron chi connectivity index (χ2n) is 8.61. The zero-order chi connectivity index (χ0) is 24.8. The van der Waals surface area contributed by atoms with Crippen molar-refractivity contribution in [1.29, 1.82) is 5.26 Å². The lowest BCUT2D eigenvalue weighted by molar-refractivity contribution is -0.118. The third kappa shape index (κ3) is 5.81. The molecule has 0 aliphatic carbocycles. The van der Waals surface area contributed by atoms with E-state index in [0.29, 0.717) is 17.9 Å². The highest BCUT2D eigenvalue weighted by Gasteiger charge is 2.22. The monoisotopic (exact) mass is 464 g/mol. The molecule has 0 bridgehead atoms. The Morgan fingerprint density at radius 1 is 1.06 bits per heavy atom. The number of hydrogen-bond donors (Lipinski definition) is 2. The van der Waals surface area contributed by atoms with Crippen molar-refractivity contribution in [1.82, 2.24) is 20.1 Å². The molecular weight excluding hydrogens is 436 g/mol. The predicted molar refractivity (Wildman–Crippen MR) is 137 cm³/mol. The first-order valence-corrected chi connectivity index (χ1v) is 11.5. The molecule has 0 aliphatic rings. The van der Waals surface area contributed by atoms with Crippen molar-refractivity contribution in [2.24, 2.45) is 7.05 Å². The molecule has 7 heteroatoms. The lowest BCUT2D eigenvalue weighted by atomic mass is 9.98. The molecule has 0 spiro atoms. The fourth-order valence-corrected chi connectivity index (χ4v) is 4.01. The fourth-order valence-electron chi connectivity index (χ4n) is 4.01. The van der Waals surface area contributed by atoms with Crippen LogP contribution < -0.4 is 10.6 Å². The Morgan fingerprint density at radius 3 is 2.40 bits per heavy atom. The number of nitriles is 1. The number of aryl methyl sites for hydroxylation is 2. The Bertz CT molecular complexity index is 1320. The van der Waals surface area contributed by atoms with Crippen molar-refractivity contribution in [2.75, 3.05) is 11.9 Å². The number of hydrogen-bond acceptors (Lipinski definition) is 5. The molecule has 0 radical (unpaired) electrons. The largest absolute Gasteiger partial charge is 0.309 e. The van der Waals surface area contributed by atoms with Gasteiger partial charge in [-0.1, -0.05) is 49.4 Å². The van der Waals surface area contributed by atoms with Crippen LogP contribution in [0.1, 0.15) is 41.3 Å². The van der Waals surface area contributed by atoms with E-state index in [1.165, 1.54) is 0 Å². The van der Waals surface area contributed by atoms with Crippen molar-refractivity contribution >= 4 is 11.7 Å². The highest BCUT2D eigenvalue weighted by atomic mass is 16.2. The zero-order valence-electron chi connectivity index (χ0n) is 20.1. The second-order valence-corrected chi connectivity index (χ2v) is 8.61. The first-order valence-electron chi connectivity index (χ1n) is 11.5. The minimum absolute atomic E-state index is 0.155. The molecule has 2 aromatic carbocycles. The summed E-state index contributed by atoms with van der Waals surface area (Å²) < 4.78 is 1.77. The van der Waals surface area contributed by atoms with Gasteiger partial charge in [0.15, 0.2) is 0 Å². The third-order valence-corrected chi connectivity index (χ3v) is 5.97. The number of carbonyl (C=O) groups excluding carboxylic acids is 1. The van der Waals surface area contributed by atoms with Gasteiger partial charge in [-0.15, -0.1) is 0 Å². The molecule has 4 aromatic rings. The van der Waals surface area contributed by atoms with Crippen molar-refractivity contribution < 1.29 is 4.79 Å². The van der Waals surface area contributed by atoms with Crippen LogP contribution in [0, 0.1) is 18.3 Å². The van der Waals surface area contributed by atoms with Crippen molar-refractivity contribution in [3.8, 4) is 17.2 Å². The average Bonchev–Trinajstić information content (AvgIpc) is 3.22. The quantitative estimate of drug-likeness (QED) is 0.393. The van der Waals surface area contributed by atoms with Crippen molar-refractivity contribution in [3.05, 3.63) is 102 Å². The number of anilines is 1. The van der Waals surface area contributed by atoms with Gasteiger partial charge in [0.25, 0.3) is 0 Å².